The molecule has 0 aromatic rings. The summed E-state index contributed by atoms with van der Waals surface area (Å²) in [5.41, 5.74) is -0.339. The summed E-state index contributed by atoms with van der Waals surface area (Å²) in [5, 5.41) is 12.3. The minimum absolute atomic E-state index is 0.339. The van der Waals surface area contributed by atoms with Crippen molar-refractivity contribution in [1.82, 2.24) is 5.32 Å². The summed E-state index contributed by atoms with van der Waals surface area (Å²) in [5.74, 6) is 0. The van der Waals surface area contributed by atoms with Crippen molar-refractivity contribution in [3.8, 4) is 0 Å². The minimum atomic E-state index is -0.339. The van der Waals surface area contributed by atoms with Gasteiger partial charge in [-0.2, -0.15) is 0 Å². The first kappa shape index (κ1) is 6.05. The lowest BCUT2D eigenvalue weighted by Crippen LogP contribution is -2.45. The van der Waals surface area contributed by atoms with E-state index >= 15 is 0 Å². The van der Waals surface area contributed by atoms with Gasteiger partial charge in [-0.15, -0.1) is 0 Å². The molecular formula is C6H13NO. The van der Waals surface area contributed by atoms with E-state index in [1.165, 1.54) is 6.42 Å². The maximum absolute atomic E-state index is 9.35. The number of hydrogen-bond acceptors (Lipinski definition) is 2. The molecule has 0 aromatic heterocycles. The minimum Gasteiger partial charge on any atom is -0.389 e. The Bertz CT molecular complexity index is 78.6. The summed E-state index contributed by atoms with van der Waals surface area (Å²) >= 11 is 0. The van der Waals surface area contributed by atoms with E-state index in [1.807, 2.05) is 7.05 Å². The van der Waals surface area contributed by atoms with Crippen LogP contribution in [0.3, 0.4) is 0 Å². The van der Waals surface area contributed by atoms with Gasteiger partial charge in [0.05, 0.1) is 5.60 Å². The van der Waals surface area contributed by atoms with E-state index in [0.29, 0.717) is 0 Å². The fourth-order valence-corrected chi connectivity index (χ4v) is 1.09. The van der Waals surface area contributed by atoms with Gasteiger partial charge >= 0.3 is 0 Å². The fraction of sp³-hybridized carbons (Fsp3) is 1.00. The molecule has 1 aliphatic rings. The summed E-state index contributed by atoms with van der Waals surface area (Å²) in [6.07, 6.45) is 3.15. The molecule has 1 saturated carbocycles. The standard InChI is InChI=1S/C6H13NO/c1-7-5-6(8)3-2-4-6/h7-8H,2-5H2,1H3. The lowest BCUT2D eigenvalue weighted by atomic mass is 9.80. The van der Waals surface area contributed by atoms with Gasteiger partial charge in [0.2, 0.25) is 0 Å². The largest absolute Gasteiger partial charge is 0.389 e. The van der Waals surface area contributed by atoms with Crippen molar-refractivity contribution in [1.29, 1.82) is 0 Å². The smallest absolute Gasteiger partial charge is 0.0771 e. The predicted octanol–water partition coefficient (Wildman–Crippen LogP) is 0.121. The Hall–Kier alpha value is -0.0800. The Balaban J connectivity index is 2.20. The molecule has 0 spiro atoms. The van der Waals surface area contributed by atoms with E-state index in [1.54, 1.807) is 0 Å². The molecule has 1 rings (SSSR count). The van der Waals surface area contributed by atoms with Crippen LogP contribution in [0.4, 0.5) is 0 Å². The molecule has 0 amide bonds. The molecule has 8 heavy (non-hydrogen) atoms. The van der Waals surface area contributed by atoms with Gasteiger partial charge in [-0.05, 0) is 26.3 Å². The summed E-state index contributed by atoms with van der Waals surface area (Å²) in [6, 6.07) is 0. The third-order valence-electron chi connectivity index (χ3n) is 1.79. The van der Waals surface area contributed by atoms with Gasteiger partial charge in [-0.25, -0.2) is 0 Å². The van der Waals surface area contributed by atoms with Crippen LogP contribution in [0, 0.1) is 0 Å². The zero-order valence-corrected chi connectivity index (χ0v) is 5.28. The molecule has 0 heterocycles. The first-order valence-corrected chi connectivity index (χ1v) is 3.14. The zero-order chi connectivity index (χ0) is 6.04. The lowest BCUT2D eigenvalue weighted by Gasteiger charge is -2.36. The van der Waals surface area contributed by atoms with Crippen LogP contribution >= 0.6 is 0 Å². The molecular weight excluding hydrogens is 102 g/mol. The number of nitrogens with one attached hydrogen (secondary N) is 1. The highest BCUT2D eigenvalue weighted by molar-refractivity contribution is 4.88. The van der Waals surface area contributed by atoms with Crippen molar-refractivity contribution in [2.24, 2.45) is 0 Å². The molecule has 2 heteroatoms. The van der Waals surface area contributed by atoms with E-state index in [0.717, 1.165) is 19.4 Å². The topological polar surface area (TPSA) is 32.3 Å². The summed E-state index contributed by atoms with van der Waals surface area (Å²) in [4.78, 5) is 0. The molecule has 0 atom stereocenters. The van der Waals surface area contributed by atoms with Gasteiger partial charge in [0, 0.05) is 6.54 Å². The summed E-state index contributed by atoms with van der Waals surface area (Å²) in [6.45, 7) is 0.757. The first-order chi connectivity index (χ1) is 3.77. The number of aliphatic hydroxyl groups is 1. The molecule has 2 nitrogen and oxygen atoms in total. The average Bonchev–Trinajstić information content (AvgIpc) is 1.64. The summed E-state index contributed by atoms with van der Waals surface area (Å²) in [7, 11) is 1.87. The van der Waals surface area contributed by atoms with Gasteiger partial charge in [-0.1, -0.05) is 0 Å². The lowest BCUT2D eigenvalue weighted by molar-refractivity contribution is -0.0297. The van der Waals surface area contributed by atoms with E-state index in [2.05, 4.69) is 5.32 Å². The van der Waals surface area contributed by atoms with Crippen molar-refractivity contribution in [2.45, 2.75) is 24.9 Å². The van der Waals surface area contributed by atoms with Crippen molar-refractivity contribution >= 4 is 0 Å². The molecule has 0 bridgehead atoms. The van der Waals surface area contributed by atoms with Crippen molar-refractivity contribution in [2.75, 3.05) is 13.6 Å². The average molecular weight is 115 g/mol. The van der Waals surface area contributed by atoms with Crippen LogP contribution < -0.4 is 5.32 Å². The summed E-state index contributed by atoms with van der Waals surface area (Å²) < 4.78 is 0. The highest BCUT2D eigenvalue weighted by Gasteiger charge is 2.32. The molecule has 1 aliphatic carbocycles. The van der Waals surface area contributed by atoms with Crippen molar-refractivity contribution in [3.05, 3.63) is 0 Å². The van der Waals surface area contributed by atoms with Crippen LogP contribution in [0.1, 0.15) is 19.3 Å². The monoisotopic (exact) mass is 115 g/mol. The predicted molar refractivity (Wildman–Crippen MR) is 32.7 cm³/mol. The number of likely N-dealkylation sites (N-methyl/N-ethyl adjacent to an activating group) is 1. The van der Waals surface area contributed by atoms with Crippen molar-refractivity contribution < 1.29 is 5.11 Å². The Morgan fingerprint density at radius 2 is 2.25 bits per heavy atom. The molecule has 0 saturated heterocycles. The number of hydrogen-bond donors (Lipinski definition) is 2. The van der Waals surface area contributed by atoms with Gasteiger partial charge in [0.1, 0.15) is 0 Å². The van der Waals surface area contributed by atoms with Gasteiger partial charge in [0.25, 0.3) is 0 Å². The van der Waals surface area contributed by atoms with Crippen LogP contribution in [0.15, 0.2) is 0 Å². The fourth-order valence-electron chi connectivity index (χ4n) is 1.09. The normalized spacial score (nSPS) is 24.8. The van der Waals surface area contributed by atoms with E-state index in [-0.39, 0.29) is 5.60 Å². The quantitative estimate of drug-likeness (QED) is 0.536. The second-order valence-electron chi connectivity index (χ2n) is 2.61. The zero-order valence-electron chi connectivity index (χ0n) is 5.28. The third-order valence-corrected chi connectivity index (χ3v) is 1.79. The molecule has 0 aliphatic heterocycles. The van der Waals surface area contributed by atoms with E-state index < -0.39 is 0 Å². The van der Waals surface area contributed by atoms with Crippen LogP contribution in [0.2, 0.25) is 0 Å². The van der Waals surface area contributed by atoms with Crippen LogP contribution in [0.25, 0.3) is 0 Å². The van der Waals surface area contributed by atoms with Crippen LogP contribution in [0.5, 0.6) is 0 Å². The third kappa shape index (κ3) is 1.01. The van der Waals surface area contributed by atoms with Gasteiger partial charge in [0.15, 0.2) is 0 Å². The second kappa shape index (κ2) is 2.03. The molecule has 0 unspecified atom stereocenters. The van der Waals surface area contributed by atoms with Gasteiger partial charge in [-0.3, -0.25) is 0 Å². The Kier molecular flexibility index (Phi) is 1.54. The highest BCUT2D eigenvalue weighted by atomic mass is 16.3. The van der Waals surface area contributed by atoms with Crippen molar-refractivity contribution in [3.63, 3.8) is 0 Å². The Morgan fingerprint density at radius 1 is 1.62 bits per heavy atom. The second-order valence-corrected chi connectivity index (χ2v) is 2.61. The maximum atomic E-state index is 9.35. The Morgan fingerprint density at radius 3 is 2.38 bits per heavy atom. The molecule has 0 aromatic carbocycles. The molecule has 2 N–H and O–H groups in total. The molecule has 0 radical (unpaired) electrons. The van der Waals surface area contributed by atoms with E-state index in [9.17, 15) is 5.11 Å². The van der Waals surface area contributed by atoms with Gasteiger partial charge < -0.3 is 10.4 Å². The van der Waals surface area contributed by atoms with Crippen LogP contribution in [-0.4, -0.2) is 24.3 Å². The number of rotatable bonds is 2. The SMILES string of the molecule is CNCC1(O)CCC1. The first-order valence-electron chi connectivity index (χ1n) is 3.14. The van der Waals surface area contributed by atoms with Crippen LogP contribution in [-0.2, 0) is 0 Å². The Labute approximate surface area is 49.9 Å². The van der Waals surface area contributed by atoms with E-state index in [4.69, 9.17) is 0 Å². The highest BCUT2D eigenvalue weighted by Crippen LogP contribution is 2.30. The maximum Gasteiger partial charge on any atom is 0.0771 e. The molecule has 48 valence electrons. The molecule has 1 fully saturated rings.